The quantitative estimate of drug-likeness (QED) is 0.564. The molecule has 2 aliphatic heterocycles. The number of anilines is 1. The Morgan fingerprint density at radius 1 is 1.39 bits per heavy atom. The van der Waals surface area contributed by atoms with Crippen LogP contribution in [0.15, 0.2) is 6.20 Å². The molecule has 0 aromatic carbocycles. The maximum absolute atomic E-state index is 9.53. The van der Waals surface area contributed by atoms with Crippen LogP contribution in [0.5, 0.6) is 5.19 Å². The molecule has 0 aliphatic carbocycles. The van der Waals surface area contributed by atoms with Crippen LogP contribution in [0.2, 0.25) is 5.15 Å². The zero-order chi connectivity index (χ0) is 19.5. The number of halogens is 1. The van der Waals surface area contributed by atoms with Crippen molar-refractivity contribution in [3.8, 4) is 17.3 Å². The van der Waals surface area contributed by atoms with Crippen LogP contribution in [0.25, 0.3) is 0 Å². The fourth-order valence-electron chi connectivity index (χ4n) is 3.24. The minimum absolute atomic E-state index is 0.105. The van der Waals surface area contributed by atoms with Crippen LogP contribution in [0.1, 0.15) is 21.6 Å². The minimum Gasteiger partial charge on any atom is -0.462 e. The summed E-state index contributed by atoms with van der Waals surface area (Å²) in [6.07, 6.45) is 2.66. The fourth-order valence-corrected chi connectivity index (χ4v) is 4.34. The molecule has 0 bridgehead atoms. The predicted molar refractivity (Wildman–Crippen MR) is 103 cm³/mol. The molecular weight excluding hydrogens is 400 g/mol. The van der Waals surface area contributed by atoms with Crippen LogP contribution in [-0.2, 0) is 24.2 Å². The molecule has 28 heavy (non-hydrogen) atoms. The molecule has 10 heteroatoms. The van der Waals surface area contributed by atoms with E-state index in [1.807, 2.05) is 12.3 Å². The van der Waals surface area contributed by atoms with Crippen molar-refractivity contribution in [2.24, 2.45) is 0 Å². The molecule has 2 aliphatic rings. The Morgan fingerprint density at radius 2 is 2.25 bits per heavy atom. The van der Waals surface area contributed by atoms with Crippen molar-refractivity contribution in [3.63, 3.8) is 0 Å². The summed E-state index contributed by atoms with van der Waals surface area (Å²) in [4.78, 5) is 12.0. The molecule has 2 aromatic heterocycles. The SMILES string of the molecule is N#CCNc1nc(Cl)c(C#N)c2c1CCN(Cc1cnc(OC3COC3)s1)C2. The molecule has 4 heterocycles. The van der Waals surface area contributed by atoms with Gasteiger partial charge in [-0.05, 0) is 12.0 Å². The molecule has 0 amide bonds. The first kappa shape index (κ1) is 18.9. The van der Waals surface area contributed by atoms with Crippen LogP contribution >= 0.6 is 22.9 Å². The van der Waals surface area contributed by atoms with Gasteiger partial charge in [0.1, 0.15) is 29.7 Å². The zero-order valence-electron chi connectivity index (χ0n) is 14.9. The van der Waals surface area contributed by atoms with Gasteiger partial charge in [0.25, 0.3) is 5.19 Å². The summed E-state index contributed by atoms with van der Waals surface area (Å²) in [6, 6.07) is 4.22. The number of rotatable bonds is 6. The summed E-state index contributed by atoms with van der Waals surface area (Å²) in [7, 11) is 0. The molecule has 1 N–H and O–H groups in total. The average molecular weight is 417 g/mol. The van der Waals surface area contributed by atoms with E-state index in [0.29, 0.717) is 42.9 Å². The van der Waals surface area contributed by atoms with E-state index in [1.165, 1.54) is 11.3 Å². The van der Waals surface area contributed by atoms with Crippen molar-refractivity contribution >= 4 is 28.8 Å². The van der Waals surface area contributed by atoms with Crippen molar-refractivity contribution in [2.45, 2.75) is 25.6 Å². The van der Waals surface area contributed by atoms with Gasteiger partial charge in [-0.2, -0.15) is 10.5 Å². The molecule has 0 saturated carbocycles. The van der Waals surface area contributed by atoms with Gasteiger partial charge in [0.05, 0.1) is 24.8 Å². The Labute approximate surface area is 171 Å². The summed E-state index contributed by atoms with van der Waals surface area (Å²) in [6.45, 7) is 3.49. The average Bonchev–Trinajstić information content (AvgIpc) is 3.10. The smallest absolute Gasteiger partial charge is 0.273 e. The van der Waals surface area contributed by atoms with Crippen molar-refractivity contribution in [3.05, 3.63) is 32.9 Å². The van der Waals surface area contributed by atoms with Gasteiger partial charge in [-0.15, -0.1) is 0 Å². The van der Waals surface area contributed by atoms with E-state index >= 15 is 0 Å². The lowest BCUT2D eigenvalue weighted by Gasteiger charge is -2.30. The van der Waals surface area contributed by atoms with Gasteiger partial charge in [0.2, 0.25) is 0 Å². The zero-order valence-corrected chi connectivity index (χ0v) is 16.5. The van der Waals surface area contributed by atoms with Gasteiger partial charge < -0.3 is 14.8 Å². The van der Waals surface area contributed by atoms with Crippen molar-refractivity contribution in [2.75, 3.05) is 31.6 Å². The highest BCUT2D eigenvalue weighted by atomic mass is 35.5. The number of thiazole rings is 1. The maximum atomic E-state index is 9.53. The lowest BCUT2D eigenvalue weighted by atomic mass is 9.96. The number of aromatic nitrogens is 2. The second-order valence-corrected chi connectivity index (χ2v) is 7.97. The Balaban J connectivity index is 1.50. The first-order chi connectivity index (χ1) is 13.7. The Hall–Kier alpha value is -2.43. The summed E-state index contributed by atoms with van der Waals surface area (Å²) in [5.41, 5.74) is 2.25. The molecule has 4 rings (SSSR count). The van der Waals surface area contributed by atoms with Crippen molar-refractivity contribution < 1.29 is 9.47 Å². The van der Waals surface area contributed by atoms with E-state index in [0.717, 1.165) is 29.0 Å². The molecule has 2 aromatic rings. The summed E-state index contributed by atoms with van der Waals surface area (Å²) < 4.78 is 10.9. The molecule has 8 nitrogen and oxygen atoms in total. The predicted octanol–water partition coefficient (Wildman–Crippen LogP) is 2.33. The highest BCUT2D eigenvalue weighted by molar-refractivity contribution is 7.13. The third-order valence-electron chi connectivity index (χ3n) is 4.66. The van der Waals surface area contributed by atoms with Gasteiger partial charge >= 0.3 is 0 Å². The molecule has 144 valence electrons. The monoisotopic (exact) mass is 416 g/mol. The van der Waals surface area contributed by atoms with Crippen LogP contribution in [0.4, 0.5) is 5.82 Å². The fraction of sp³-hybridized carbons (Fsp3) is 0.444. The maximum Gasteiger partial charge on any atom is 0.273 e. The number of fused-ring (bicyclic) bond motifs is 1. The van der Waals surface area contributed by atoms with E-state index in [2.05, 4.69) is 26.3 Å². The Bertz CT molecular complexity index is 962. The van der Waals surface area contributed by atoms with Gasteiger partial charge in [-0.25, -0.2) is 9.97 Å². The number of nitrogens with one attached hydrogen (secondary N) is 1. The number of nitriles is 2. The second-order valence-electron chi connectivity index (χ2n) is 6.54. The molecule has 0 spiro atoms. The second kappa shape index (κ2) is 8.29. The number of hydrogen-bond donors (Lipinski definition) is 1. The first-order valence-electron chi connectivity index (χ1n) is 8.81. The molecule has 0 atom stereocenters. The molecule has 0 unspecified atom stereocenters. The van der Waals surface area contributed by atoms with E-state index < -0.39 is 0 Å². The number of pyridine rings is 1. The summed E-state index contributed by atoms with van der Waals surface area (Å²) in [5.74, 6) is 0.594. The minimum atomic E-state index is 0.105. The van der Waals surface area contributed by atoms with Crippen LogP contribution in [0, 0.1) is 22.7 Å². The Morgan fingerprint density at radius 3 is 2.96 bits per heavy atom. The normalized spacial score (nSPS) is 16.5. The molecule has 1 saturated heterocycles. The van der Waals surface area contributed by atoms with Crippen LogP contribution in [0.3, 0.4) is 0 Å². The van der Waals surface area contributed by atoms with Gasteiger partial charge in [0, 0.05) is 36.3 Å². The number of nitrogens with zero attached hydrogens (tertiary/aromatic N) is 5. The van der Waals surface area contributed by atoms with Crippen LogP contribution < -0.4 is 10.1 Å². The summed E-state index contributed by atoms with van der Waals surface area (Å²) in [5, 5.41) is 22.2. The van der Waals surface area contributed by atoms with Crippen molar-refractivity contribution in [1.29, 1.82) is 10.5 Å². The van der Waals surface area contributed by atoms with E-state index in [9.17, 15) is 5.26 Å². The van der Waals surface area contributed by atoms with Gasteiger partial charge in [0.15, 0.2) is 0 Å². The van der Waals surface area contributed by atoms with Gasteiger partial charge in [-0.3, -0.25) is 4.90 Å². The molecule has 1 fully saturated rings. The van der Waals surface area contributed by atoms with Crippen LogP contribution in [-0.4, -0.2) is 47.3 Å². The lowest BCUT2D eigenvalue weighted by molar-refractivity contribution is -0.0797. The summed E-state index contributed by atoms with van der Waals surface area (Å²) >= 11 is 7.75. The standard InChI is InChI=1S/C18H17ClN6O2S/c19-16-14(5-21)15-8-25(4-1-13(15)17(24-16)22-3-2-20)7-12-6-23-18(28-12)27-11-9-26-10-11/h6,11H,1,3-4,7-10H2,(H,22,24). The number of hydrogen-bond acceptors (Lipinski definition) is 9. The molecule has 0 radical (unpaired) electrons. The first-order valence-corrected chi connectivity index (χ1v) is 10.0. The lowest BCUT2D eigenvalue weighted by Crippen LogP contribution is -2.38. The third-order valence-corrected chi connectivity index (χ3v) is 5.81. The highest BCUT2D eigenvalue weighted by Crippen LogP contribution is 2.33. The van der Waals surface area contributed by atoms with E-state index in [-0.39, 0.29) is 17.8 Å². The van der Waals surface area contributed by atoms with E-state index in [1.54, 1.807) is 0 Å². The van der Waals surface area contributed by atoms with Gasteiger partial charge in [-0.1, -0.05) is 22.9 Å². The Kier molecular flexibility index (Phi) is 5.60. The van der Waals surface area contributed by atoms with Crippen molar-refractivity contribution in [1.82, 2.24) is 14.9 Å². The topological polar surface area (TPSA) is 107 Å². The third kappa shape index (κ3) is 3.89. The number of ether oxygens (including phenoxy) is 2. The highest BCUT2D eigenvalue weighted by Gasteiger charge is 2.26. The largest absolute Gasteiger partial charge is 0.462 e. The molecular formula is C18H17ClN6O2S. The van der Waals surface area contributed by atoms with E-state index in [4.69, 9.17) is 26.3 Å².